The van der Waals surface area contributed by atoms with E-state index >= 15 is 0 Å². The summed E-state index contributed by atoms with van der Waals surface area (Å²) in [5.74, 6) is -7.68. The van der Waals surface area contributed by atoms with Crippen molar-refractivity contribution in [3.63, 3.8) is 0 Å². The Labute approximate surface area is 239 Å². The minimum absolute atomic E-state index is 0. The Morgan fingerprint density at radius 3 is 2.53 bits per heavy atom. The van der Waals surface area contributed by atoms with Gasteiger partial charge in [-0.25, -0.2) is 9.97 Å². The van der Waals surface area contributed by atoms with Gasteiger partial charge in [-0.3, -0.25) is 14.5 Å². The molecule has 2 aliphatic heterocycles. The number of carboxylic acid groups (broad SMARTS) is 1. The molecule has 2 aromatic heterocycles. The molecule has 4 heterocycles. The molecule has 2 atom stereocenters. The smallest absolute Gasteiger partial charge is 0.543 e. The fraction of sp³-hybridized carbons (Fsp3) is 0.294. The number of nitrogens with one attached hydrogen (secondary N) is 1. The van der Waals surface area contributed by atoms with Crippen LogP contribution in [0.3, 0.4) is 0 Å². The van der Waals surface area contributed by atoms with Crippen LogP contribution in [-0.4, -0.2) is 66.5 Å². The number of nitrogens with zero attached hydrogens (tertiary/aromatic N) is 4. The van der Waals surface area contributed by atoms with Crippen LogP contribution < -0.4 is 51.4 Å². The summed E-state index contributed by atoms with van der Waals surface area (Å²) in [6, 6.07) is -1.15. The molecule has 2 aromatic rings. The molecule has 0 spiro atoms. The monoisotopic (exact) mass is 585 g/mol. The summed E-state index contributed by atoms with van der Waals surface area (Å²) in [5, 5.41) is 28.1. The second-order valence-corrected chi connectivity index (χ2v) is 11.0. The van der Waals surface area contributed by atoms with Crippen molar-refractivity contribution < 1.29 is 63.0 Å². The number of carbonyl (C=O) groups is 3. The predicted molar refractivity (Wildman–Crippen MR) is 125 cm³/mol. The summed E-state index contributed by atoms with van der Waals surface area (Å²) in [7, 11) is 0. The molecule has 6 N–H and O–H groups in total. The van der Waals surface area contributed by atoms with Gasteiger partial charge in [-0.1, -0.05) is 5.16 Å². The minimum Gasteiger partial charge on any atom is -0.543 e. The standard InChI is InChI=1S/C17H15F2N7O5S4.Na/c18-17(19,7-3-34-16(21)23-7)4-35-6-2-32-13-9(12(28)26(13)10(6)14(29)30)24-11(27)8(25-31)5-1-33-15(20)22-5;/h1,3,9,13,31H,2,4H2,(H2,20,22)(H2,21,23)(H,24,27)(H,29,30);/q;+1/p-1/b25-8-;/t9-,13-;/m1./s1. The molecule has 0 bridgehead atoms. The zero-order chi connectivity index (χ0) is 25.5. The summed E-state index contributed by atoms with van der Waals surface area (Å²) >= 11 is 3.50. The number of thioether (sulfide) groups is 2. The molecule has 0 unspecified atom stereocenters. The molecule has 1 saturated heterocycles. The second kappa shape index (κ2) is 11.2. The van der Waals surface area contributed by atoms with Gasteiger partial charge in [-0.05, 0) is 0 Å². The Kier molecular flexibility index (Phi) is 8.90. The molecule has 19 heteroatoms. The third-order valence-electron chi connectivity index (χ3n) is 4.82. The number of fused-ring (bicyclic) bond motifs is 1. The van der Waals surface area contributed by atoms with Gasteiger partial charge in [0, 0.05) is 21.4 Å². The van der Waals surface area contributed by atoms with Gasteiger partial charge in [0.2, 0.25) is 0 Å². The van der Waals surface area contributed by atoms with E-state index in [0.29, 0.717) is 11.8 Å². The summed E-state index contributed by atoms with van der Waals surface area (Å²) in [6.07, 6.45) is 0. The van der Waals surface area contributed by atoms with E-state index < -0.39 is 58.0 Å². The molecule has 2 amide bonds. The summed E-state index contributed by atoms with van der Waals surface area (Å²) in [4.78, 5) is 45.4. The zero-order valence-electron chi connectivity index (χ0n) is 18.1. The number of alkyl halides is 2. The number of anilines is 2. The molecule has 1 fully saturated rings. The van der Waals surface area contributed by atoms with E-state index in [1.165, 1.54) is 5.38 Å². The first-order chi connectivity index (χ1) is 16.5. The van der Waals surface area contributed by atoms with Gasteiger partial charge in [0.05, 0.1) is 17.4 Å². The van der Waals surface area contributed by atoms with E-state index in [0.717, 1.165) is 44.7 Å². The van der Waals surface area contributed by atoms with E-state index in [-0.39, 0.29) is 56.2 Å². The number of nitrogen functional groups attached to an aromatic ring is 2. The first-order valence-corrected chi connectivity index (χ1v) is 13.2. The van der Waals surface area contributed by atoms with Crippen molar-refractivity contribution in [1.29, 1.82) is 0 Å². The van der Waals surface area contributed by atoms with E-state index in [2.05, 4.69) is 20.4 Å². The van der Waals surface area contributed by atoms with Gasteiger partial charge in [-0.2, -0.15) is 8.78 Å². The Balaban J connectivity index is 0.00000361. The van der Waals surface area contributed by atoms with Crippen LogP contribution in [0.5, 0.6) is 0 Å². The fourth-order valence-corrected chi connectivity index (χ4v) is 6.93. The van der Waals surface area contributed by atoms with E-state index in [1.54, 1.807) is 0 Å². The molecular weight excluding hydrogens is 571 g/mol. The minimum atomic E-state index is -3.39. The van der Waals surface area contributed by atoms with Crippen LogP contribution in [0.1, 0.15) is 11.4 Å². The zero-order valence-corrected chi connectivity index (χ0v) is 23.4. The molecule has 4 rings (SSSR count). The Hall–Kier alpha value is -1.96. The maximum Gasteiger partial charge on any atom is 1.00 e. The first-order valence-electron chi connectivity index (χ1n) is 9.39. The normalized spacial score (nSPS) is 19.9. The Bertz CT molecular complexity index is 1270. The number of thiazole rings is 2. The predicted octanol–water partition coefficient (Wildman–Crippen LogP) is -3.17. The van der Waals surface area contributed by atoms with Crippen molar-refractivity contribution in [2.45, 2.75) is 17.3 Å². The number of halogens is 2. The Morgan fingerprint density at radius 1 is 1.31 bits per heavy atom. The quantitative estimate of drug-likeness (QED) is 0.0801. The summed E-state index contributed by atoms with van der Waals surface area (Å²) in [5.41, 5.74) is 9.36. The number of oxime groups is 1. The van der Waals surface area contributed by atoms with Crippen LogP contribution in [0.2, 0.25) is 0 Å². The fourth-order valence-electron chi connectivity index (χ4n) is 3.22. The van der Waals surface area contributed by atoms with Crippen molar-refractivity contribution in [3.8, 4) is 0 Å². The first kappa shape index (κ1) is 28.6. The SMILES string of the molecule is Nc1nc(/C(=N/O)C(=O)N[C@@H]2C(=O)N3C(C(=O)[O-])=C(SCC(F)(F)c4csc(N)n4)CS[C@H]23)cs1.[Na+]. The molecule has 0 radical (unpaired) electrons. The topological polar surface area (TPSA) is 200 Å². The largest absolute Gasteiger partial charge is 1.00 e. The van der Waals surface area contributed by atoms with Gasteiger partial charge in [0.1, 0.15) is 22.8 Å². The molecule has 186 valence electrons. The molecule has 2 aliphatic rings. The van der Waals surface area contributed by atoms with Crippen molar-refractivity contribution >= 4 is 80.0 Å². The number of hydrogen-bond acceptors (Lipinski definition) is 14. The van der Waals surface area contributed by atoms with Gasteiger partial charge in [0.25, 0.3) is 17.7 Å². The van der Waals surface area contributed by atoms with Crippen molar-refractivity contribution in [3.05, 3.63) is 32.8 Å². The average Bonchev–Trinajstić information content (AvgIpc) is 3.44. The summed E-state index contributed by atoms with van der Waals surface area (Å²) < 4.78 is 29.0. The van der Waals surface area contributed by atoms with E-state index in [4.69, 9.17) is 11.5 Å². The second-order valence-electron chi connectivity index (χ2n) is 7.00. The van der Waals surface area contributed by atoms with Crippen LogP contribution in [0.4, 0.5) is 19.0 Å². The van der Waals surface area contributed by atoms with Crippen LogP contribution >= 0.6 is 46.2 Å². The van der Waals surface area contributed by atoms with Gasteiger partial charge in [-0.15, -0.1) is 46.2 Å². The maximum atomic E-state index is 14.5. The van der Waals surface area contributed by atoms with Crippen LogP contribution in [0, 0.1) is 0 Å². The van der Waals surface area contributed by atoms with Gasteiger partial charge >= 0.3 is 29.6 Å². The third kappa shape index (κ3) is 5.48. The van der Waals surface area contributed by atoms with E-state index in [1.807, 2.05) is 0 Å². The molecule has 36 heavy (non-hydrogen) atoms. The Morgan fingerprint density at radius 2 is 1.97 bits per heavy atom. The van der Waals surface area contributed by atoms with E-state index in [9.17, 15) is 33.5 Å². The van der Waals surface area contributed by atoms with Crippen LogP contribution in [0.25, 0.3) is 0 Å². The molecule has 0 aliphatic carbocycles. The maximum absolute atomic E-state index is 14.5. The third-order valence-corrected chi connectivity index (χ3v) is 8.82. The van der Waals surface area contributed by atoms with Crippen molar-refractivity contribution in [2.75, 3.05) is 23.0 Å². The number of carboxylic acids is 1. The van der Waals surface area contributed by atoms with Gasteiger partial charge in [0.15, 0.2) is 16.0 Å². The molecule has 12 nitrogen and oxygen atoms in total. The van der Waals surface area contributed by atoms with Crippen molar-refractivity contribution in [1.82, 2.24) is 20.2 Å². The molecule has 0 saturated carbocycles. The number of β-lactam (4-membered cyclic amide) rings is 1. The summed E-state index contributed by atoms with van der Waals surface area (Å²) in [6.45, 7) is 0. The number of carbonyl (C=O) groups excluding carboxylic acids is 3. The number of amides is 2. The molecule has 0 aromatic carbocycles. The molecular formula is C17H14F2N7NaO5S4. The number of rotatable bonds is 8. The van der Waals surface area contributed by atoms with Gasteiger partial charge < -0.3 is 31.9 Å². The number of nitrogens with two attached hydrogens (primary N) is 2. The number of aromatic nitrogens is 2. The van der Waals surface area contributed by atoms with Crippen LogP contribution in [0.15, 0.2) is 26.5 Å². The average molecular weight is 586 g/mol. The number of hydrogen-bond donors (Lipinski definition) is 4. The van der Waals surface area contributed by atoms with Crippen molar-refractivity contribution in [2.24, 2.45) is 5.16 Å². The van der Waals surface area contributed by atoms with Crippen LogP contribution in [-0.2, 0) is 20.3 Å². The number of aliphatic carboxylic acids is 1.